The number of ether oxygens (including phenoxy) is 2. The summed E-state index contributed by atoms with van der Waals surface area (Å²) in [5.41, 5.74) is 0.352. The van der Waals surface area contributed by atoms with E-state index in [-0.39, 0.29) is 5.75 Å². The summed E-state index contributed by atoms with van der Waals surface area (Å²) in [5.74, 6) is -0.784. The zero-order valence-electron chi connectivity index (χ0n) is 11.4. The molecule has 0 aromatic heterocycles. The van der Waals surface area contributed by atoms with Crippen LogP contribution < -0.4 is 4.74 Å². The van der Waals surface area contributed by atoms with E-state index < -0.39 is 12.0 Å². The van der Waals surface area contributed by atoms with Crippen LogP contribution in [0.4, 0.5) is 0 Å². The van der Waals surface area contributed by atoms with E-state index in [1.54, 1.807) is 23.1 Å². The topological polar surface area (TPSA) is 79.2 Å². The maximum atomic E-state index is 11.6. The Balaban J connectivity index is 2.33. The standard InChI is InChI=1S/C14H19NO5/c1-2-20-11-5-3-4-10(13(11)16)12(14(17)18)15-6-8-19-9-7-15/h3-5,12,16H,2,6-9H2,1H3,(H,17,18). The molecule has 2 rings (SSSR count). The summed E-state index contributed by atoms with van der Waals surface area (Å²) in [5, 5.41) is 19.7. The fourth-order valence-electron chi connectivity index (χ4n) is 2.35. The van der Waals surface area contributed by atoms with Gasteiger partial charge in [0.15, 0.2) is 11.5 Å². The number of rotatable bonds is 5. The van der Waals surface area contributed by atoms with Gasteiger partial charge in [0, 0.05) is 18.7 Å². The Kier molecular flexibility index (Phi) is 4.81. The van der Waals surface area contributed by atoms with Gasteiger partial charge in [0.05, 0.1) is 19.8 Å². The first-order valence-electron chi connectivity index (χ1n) is 6.64. The normalized spacial score (nSPS) is 17.6. The first-order chi connectivity index (χ1) is 9.65. The van der Waals surface area contributed by atoms with Gasteiger partial charge >= 0.3 is 5.97 Å². The van der Waals surface area contributed by atoms with Crippen molar-refractivity contribution in [1.29, 1.82) is 0 Å². The number of hydrogen-bond donors (Lipinski definition) is 2. The highest BCUT2D eigenvalue weighted by Gasteiger charge is 2.31. The van der Waals surface area contributed by atoms with Gasteiger partial charge in [0.2, 0.25) is 0 Å². The Morgan fingerprint density at radius 3 is 2.75 bits per heavy atom. The number of nitrogens with zero attached hydrogens (tertiary/aromatic N) is 1. The van der Waals surface area contributed by atoms with E-state index in [0.717, 1.165) is 0 Å². The Labute approximate surface area is 117 Å². The van der Waals surface area contributed by atoms with E-state index in [9.17, 15) is 15.0 Å². The van der Waals surface area contributed by atoms with Crippen LogP contribution in [0.1, 0.15) is 18.5 Å². The number of morpholine rings is 1. The molecule has 1 atom stereocenters. The average Bonchev–Trinajstić information content (AvgIpc) is 2.44. The predicted molar refractivity (Wildman–Crippen MR) is 72.0 cm³/mol. The Morgan fingerprint density at radius 2 is 2.15 bits per heavy atom. The summed E-state index contributed by atoms with van der Waals surface area (Å²) < 4.78 is 10.5. The van der Waals surface area contributed by atoms with Crippen LogP contribution in [0.15, 0.2) is 18.2 Å². The number of carbonyl (C=O) groups is 1. The molecule has 0 radical (unpaired) electrons. The van der Waals surface area contributed by atoms with Crippen molar-refractivity contribution in [2.45, 2.75) is 13.0 Å². The number of phenolic OH excluding ortho intramolecular Hbond substituents is 1. The molecule has 0 saturated carbocycles. The molecule has 0 aliphatic carbocycles. The summed E-state index contributed by atoms with van der Waals surface area (Å²) in [4.78, 5) is 13.4. The van der Waals surface area contributed by atoms with E-state index >= 15 is 0 Å². The molecule has 1 fully saturated rings. The summed E-state index contributed by atoms with van der Waals surface area (Å²) in [6.07, 6.45) is 0. The van der Waals surface area contributed by atoms with Gasteiger partial charge in [0.1, 0.15) is 6.04 Å². The third-order valence-corrected chi connectivity index (χ3v) is 3.27. The maximum absolute atomic E-state index is 11.6. The van der Waals surface area contributed by atoms with Gasteiger partial charge in [0.25, 0.3) is 0 Å². The van der Waals surface area contributed by atoms with Crippen LogP contribution in [0, 0.1) is 0 Å². The summed E-state index contributed by atoms with van der Waals surface area (Å²) in [7, 11) is 0. The minimum absolute atomic E-state index is 0.103. The first kappa shape index (κ1) is 14.6. The molecule has 0 bridgehead atoms. The smallest absolute Gasteiger partial charge is 0.325 e. The Hall–Kier alpha value is -1.79. The number of aromatic hydroxyl groups is 1. The van der Waals surface area contributed by atoms with Gasteiger partial charge in [-0.3, -0.25) is 9.69 Å². The van der Waals surface area contributed by atoms with Crippen molar-refractivity contribution in [1.82, 2.24) is 4.90 Å². The average molecular weight is 281 g/mol. The molecular formula is C14H19NO5. The van der Waals surface area contributed by atoms with Crippen molar-refractivity contribution in [2.24, 2.45) is 0 Å². The van der Waals surface area contributed by atoms with Crippen molar-refractivity contribution in [3.8, 4) is 11.5 Å². The molecule has 1 unspecified atom stereocenters. The maximum Gasteiger partial charge on any atom is 0.325 e. The Bertz CT molecular complexity index is 471. The predicted octanol–water partition coefficient (Wildman–Crippen LogP) is 1.25. The third-order valence-electron chi connectivity index (χ3n) is 3.27. The molecule has 20 heavy (non-hydrogen) atoms. The molecule has 6 heteroatoms. The lowest BCUT2D eigenvalue weighted by Crippen LogP contribution is -2.42. The quantitative estimate of drug-likeness (QED) is 0.845. The van der Waals surface area contributed by atoms with Crippen LogP contribution in [0.25, 0.3) is 0 Å². The van der Waals surface area contributed by atoms with Crippen molar-refractivity contribution >= 4 is 5.97 Å². The van der Waals surface area contributed by atoms with Gasteiger partial charge in [-0.2, -0.15) is 0 Å². The summed E-state index contributed by atoms with van der Waals surface area (Å²) >= 11 is 0. The molecule has 6 nitrogen and oxygen atoms in total. The molecule has 0 spiro atoms. The van der Waals surface area contributed by atoms with Crippen LogP contribution in [0.2, 0.25) is 0 Å². The lowest BCUT2D eigenvalue weighted by atomic mass is 10.0. The molecule has 1 aliphatic rings. The molecule has 2 N–H and O–H groups in total. The number of benzene rings is 1. The second kappa shape index (κ2) is 6.58. The van der Waals surface area contributed by atoms with Gasteiger partial charge in [-0.15, -0.1) is 0 Å². The van der Waals surface area contributed by atoms with Crippen LogP contribution in [-0.2, 0) is 9.53 Å². The number of para-hydroxylation sites is 1. The molecule has 1 aromatic rings. The summed E-state index contributed by atoms with van der Waals surface area (Å²) in [6, 6.07) is 4.04. The van der Waals surface area contributed by atoms with Crippen molar-refractivity contribution in [3.63, 3.8) is 0 Å². The zero-order chi connectivity index (χ0) is 14.5. The molecule has 1 aromatic carbocycles. The van der Waals surface area contributed by atoms with Crippen molar-refractivity contribution in [3.05, 3.63) is 23.8 Å². The molecular weight excluding hydrogens is 262 g/mol. The number of carboxylic acid groups (broad SMARTS) is 1. The lowest BCUT2D eigenvalue weighted by molar-refractivity contribution is -0.145. The van der Waals surface area contributed by atoms with Crippen molar-refractivity contribution in [2.75, 3.05) is 32.9 Å². The van der Waals surface area contributed by atoms with E-state index in [1.165, 1.54) is 0 Å². The van der Waals surface area contributed by atoms with Crippen LogP contribution in [0.3, 0.4) is 0 Å². The van der Waals surface area contributed by atoms with Gasteiger partial charge < -0.3 is 19.7 Å². The van der Waals surface area contributed by atoms with E-state index in [1.807, 2.05) is 6.92 Å². The molecule has 1 heterocycles. The third kappa shape index (κ3) is 3.02. The van der Waals surface area contributed by atoms with E-state index in [0.29, 0.717) is 44.2 Å². The minimum atomic E-state index is -0.990. The highest BCUT2D eigenvalue weighted by molar-refractivity contribution is 5.77. The highest BCUT2D eigenvalue weighted by Crippen LogP contribution is 2.36. The zero-order valence-corrected chi connectivity index (χ0v) is 11.4. The second-order valence-electron chi connectivity index (χ2n) is 4.52. The van der Waals surface area contributed by atoms with E-state index in [4.69, 9.17) is 9.47 Å². The molecule has 0 amide bonds. The van der Waals surface area contributed by atoms with Gasteiger partial charge in [-0.05, 0) is 13.0 Å². The number of hydrogen-bond acceptors (Lipinski definition) is 5. The Morgan fingerprint density at radius 1 is 1.45 bits per heavy atom. The largest absolute Gasteiger partial charge is 0.504 e. The van der Waals surface area contributed by atoms with Crippen molar-refractivity contribution < 1.29 is 24.5 Å². The summed E-state index contributed by atoms with van der Waals surface area (Å²) in [6.45, 7) is 4.25. The fraction of sp³-hybridized carbons (Fsp3) is 0.500. The molecule has 110 valence electrons. The van der Waals surface area contributed by atoms with Crippen LogP contribution in [-0.4, -0.2) is 54.0 Å². The van der Waals surface area contributed by atoms with Crippen LogP contribution >= 0.6 is 0 Å². The van der Waals surface area contributed by atoms with Gasteiger partial charge in [-0.1, -0.05) is 12.1 Å². The SMILES string of the molecule is CCOc1cccc(C(C(=O)O)N2CCOCC2)c1O. The fourth-order valence-corrected chi connectivity index (χ4v) is 2.35. The number of aliphatic carboxylic acids is 1. The van der Waals surface area contributed by atoms with Gasteiger partial charge in [-0.25, -0.2) is 0 Å². The second-order valence-corrected chi connectivity index (χ2v) is 4.52. The molecule has 1 aliphatic heterocycles. The first-order valence-corrected chi connectivity index (χ1v) is 6.64. The number of carboxylic acids is 1. The highest BCUT2D eigenvalue weighted by atomic mass is 16.5. The van der Waals surface area contributed by atoms with E-state index in [2.05, 4.69) is 0 Å². The lowest BCUT2D eigenvalue weighted by Gasteiger charge is -2.32. The molecule has 1 saturated heterocycles. The van der Waals surface area contributed by atoms with Crippen LogP contribution in [0.5, 0.6) is 11.5 Å². The minimum Gasteiger partial charge on any atom is -0.504 e. The monoisotopic (exact) mass is 281 g/mol. The number of phenols is 1.